The molecule has 0 amide bonds. The van der Waals surface area contributed by atoms with Crippen LogP contribution in [0.3, 0.4) is 0 Å². The molecule has 118 valence electrons. The van der Waals surface area contributed by atoms with Gasteiger partial charge in [-0.05, 0) is 44.2 Å². The van der Waals surface area contributed by atoms with Gasteiger partial charge in [0.1, 0.15) is 5.82 Å². The molecule has 0 bridgehead atoms. The van der Waals surface area contributed by atoms with Crippen molar-refractivity contribution in [3.63, 3.8) is 0 Å². The predicted molar refractivity (Wildman–Crippen MR) is 97.8 cm³/mol. The van der Waals surface area contributed by atoms with Gasteiger partial charge in [0.2, 0.25) is 5.95 Å². The normalized spacial score (nSPS) is 10.7. The fraction of sp³-hybridized carbons (Fsp3) is 0.222. The van der Waals surface area contributed by atoms with E-state index >= 15 is 0 Å². The van der Waals surface area contributed by atoms with Crippen molar-refractivity contribution in [2.45, 2.75) is 13.8 Å². The third kappa shape index (κ3) is 3.37. The highest BCUT2D eigenvalue weighted by atomic mass is 35.5. The number of para-hydroxylation sites is 1. The first kappa shape index (κ1) is 15.6. The summed E-state index contributed by atoms with van der Waals surface area (Å²) in [5.74, 6) is 1.53. The van der Waals surface area contributed by atoms with Gasteiger partial charge in [-0.25, -0.2) is 4.98 Å². The van der Waals surface area contributed by atoms with Crippen molar-refractivity contribution in [3.05, 3.63) is 53.6 Å². The maximum absolute atomic E-state index is 6.04. The molecule has 5 heteroatoms. The van der Waals surface area contributed by atoms with Gasteiger partial charge in [0, 0.05) is 29.2 Å². The highest BCUT2D eigenvalue weighted by molar-refractivity contribution is 6.30. The van der Waals surface area contributed by atoms with Gasteiger partial charge in [0.15, 0.2) is 0 Å². The smallest absolute Gasteiger partial charge is 0.229 e. The summed E-state index contributed by atoms with van der Waals surface area (Å²) in [7, 11) is 0. The SMILES string of the molecule is CCN(CC)c1nc(Nc2cccc(Cl)c2)nc2ccccc12. The summed E-state index contributed by atoms with van der Waals surface area (Å²) < 4.78 is 0. The molecule has 3 rings (SSSR count). The van der Waals surface area contributed by atoms with E-state index in [1.807, 2.05) is 42.5 Å². The average molecular weight is 327 g/mol. The molecule has 0 aliphatic rings. The zero-order chi connectivity index (χ0) is 16.2. The van der Waals surface area contributed by atoms with Gasteiger partial charge in [0.05, 0.1) is 5.52 Å². The number of rotatable bonds is 5. The number of fused-ring (bicyclic) bond motifs is 1. The standard InChI is InChI=1S/C18H19ClN4/c1-3-23(4-2)17-15-10-5-6-11-16(15)21-18(22-17)20-14-9-7-8-13(19)12-14/h5-12H,3-4H2,1-2H3,(H,20,21,22). The summed E-state index contributed by atoms with van der Waals surface area (Å²) in [6, 6.07) is 15.6. The summed E-state index contributed by atoms with van der Waals surface area (Å²) in [6.07, 6.45) is 0. The molecule has 0 spiro atoms. The van der Waals surface area contributed by atoms with Crippen LogP contribution < -0.4 is 10.2 Å². The van der Waals surface area contributed by atoms with Crippen molar-refractivity contribution in [1.82, 2.24) is 9.97 Å². The van der Waals surface area contributed by atoms with Crippen molar-refractivity contribution in [1.29, 1.82) is 0 Å². The van der Waals surface area contributed by atoms with Crippen LogP contribution in [0.2, 0.25) is 5.02 Å². The molecule has 0 aliphatic carbocycles. The van der Waals surface area contributed by atoms with E-state index in [1.165, 1.54) is 0 Å². The predicted octanol–water partition coefficient (Wildman–Crippen LogP) is 4.87. The van der Waals surface area contributed by atoms with Crippen molar-refractivity contribution in [2.24, 2.45) is 0 Å². The van der Waals surface area contributed by atoms with Gasteiger partial charge in [0.25, 0.3) is 0 Å². The molecule has 0 fully saturated rings. The molecule has 1 N–H and O–H groups in total. The molecule has 2 aromatic carbocycles. The average Bonchev–Trinajstić information content (AvgIpc) is 2.56. The number of hydrogen-bond acceptors (Lipinski definition) is 4. The Morgan fingerprint density at radius 3 is 2.52 bits per heavy atom. The summed E-state index contributed by atoms with van der Waals surface area (Å²) in [5, 5.41) is 4.99. The number of anilines is 3. The van der Waals surface area contributed by atoms with Crippen LogP contribution in [0.5, 0.6) is 0 Å². The minimum Gasteiger partial charge on any atom is -0.356 e. The molecule has 0 saturated carbocycles. The fourth-order valence-electron chi connectivity index (χ4n) is 2.58. The Balaban J connectivity index is 2.07. The second-order valence-electron chi connectivity index (χ2n) is 5.20. The Morgan fingerprint density at radius 2 is 1.78 bits per heavy atom. The summed E-state index contributed by atoms with van der Waals surface area (Å²) in [6.45, 7) is 6.05. The molecular formula is C18H19ClN4. The van der Waals surface area contributed by atoms with Crippen LogP contribution in [0.25, 0.3) is 10.9 Å². The lowest BCUT2D eigenvalue weighted by atomic mass is 10.2. The van der Waals surface area contributed by atoms with Crippen LogP contribution in [-0.4, -0.2) is 23.1 Å². The quantitative estimate of drug-likeness (QED) is 0.726. The lowest BCUT2D eigenvalue weighted by Crippen LogP contribution is -2.23. The molecule has 0 unspecified atom stereocenters. The number of nitrogens with zero attached hydrogens (tertiary/aromatic N) is 3. The molecule has 0 saturated heterocycles. The molecule has 3 aromatic rings. The minimum absolute atomic E-state index is 0.577. The first-order valence-electron chi connectivity index (χ1n) is 7.75. The van der Waals surface area contributed by atoms with Crippen LogP contribution in [0, 0.1) is 0 Å². The van der Waals surface area contributed by atoms with Crippen LogP contribution in [0.4, 0.5) is 17.5 Å². The maximum atomic E-state index is 6.04. The zero-order valence-electron chi connectivity index (χ0n) is 13.3. The third-order valence-electron chi connectivity index (χ3n) is 3.73. The summed E-state index contributed by atoms with van der Waals surface area (Å²) >= 11 is 6.04. The Bertz CT molecular complexity index is 815. The number of halogens is 1. The molecule has 0 atom stereocenters. The maximum Gasteiger partial charge on any atom is 0.229 e. The third-order valence-corrected chi connectivity index (χ3v) is 3.96. The van der Waals surface area contributed by atoms with Gasteiger partial charge in [-0.3, -0.25) is 0 Å². The van der Waals surface area contributed by atoms with Gasteiger partial charge in [-0.15, -0.1) is 0 Å². The lowest BCUT2D eigenvalue weighted by Gasteiger charge is -2.22. The minimum atomic E-state index is 0.577. The Kier molecular flexibility index (Phi) is 4.63. The second-order valence-corrected chi connectivity index (χ2v) is 5.63. The van der Waals surface area contributed by atoms with Gasteiger partial charge < -0.3 is 10.2 Å². The van der Waals surface area contributed by atoms with Gasteiger partial charge >= 0.3 is 0 Å². The van der Waals surface area contributed by atoms with E-state index in [9.17, 15) is 0 Å². The molecular weight excluding hydrogens is 308 g/mol. The highest BCUT2D eigenvalue weighted by Gasteiger charge is 2.12. The Labute approximate surface area is 141 Å². The van der Waals surface area contributed by atoms with Crippen molar-refractivity contribution in [3.8, 4) is 0 Å². The molecule has 23 heavy (non-hydrogen) atoms. The molecule has 1 heterocycles. The van der Waals surface area contributed by atoms with E-state index < -0.39 is 0 Å². The van der Waals surface area contributed by atoms with Crippen LogP contribution >= 0.6 is 11.6 Å². The van der Waals surface area contributed by atoms with Crippen molar-refractivity contribution in [2.75, 3.05) is 23.3 Å². The summed E-state index contributed by atoms with van der Waals surface area (Å²) in [5.41, 5.74) is 1.80. The van der Waals surface area contributed by atoms with Crippen molar-refractivity contribution >= 4 is 40.0 Å². The van der Waals surface area contributed by atoms with Gasteiger partial charge in [-0.2, -0.15) is 4.98 Å². The number of hydrogen-bond donors (Lipinski definition) is 1. The van der Waals surface area contributed by atoms with E-state index in [2.05, 4.69) is 35.1 Å². The van der Waals surface area contributed by atoms with E-state index in [4.69, 9.17) is 16.6 Å². The first-order chi connectivity index (χ1) is 11.2. The first-order valence-corrected chi connectivity index (χ1v) is 8.13. The number of benzene rings is 2. The highest BCUT2D eigenvalue weighted by Crippen LogP contribution is 2.26. The lowest BCUT2D eigenvalue weighted by molar-refractivity contribution is 0.850. The van der Waals surface area contributed by atoms with E-state index in [1.54, 1.807) is 0 Å². The van der Waals surface area contributed by atoms with Crippen molar-refractivity contribution < 1.29 is 0 Å². The Hall–Kier alpha value is -2.33. The second kappa shape index (κ2) is 6.84. The molecule has 4 nitrogen and oxygen atoms in total. The zero-order valence-corrected chi connectivity index (χ0v) is 14.0. The van der Waals surface area contributed by atoms with E-state index in [0.717, 1.165) is 35.5 Å². The summed E-state index contributed by atoms with van der Waals surface area (Å²) in [4.78, 5) is 11.6. The van der Waals surface area contributed by atoms with Gasteiger partial charge in [-0.1, -0.05) is 29.8 Å². The largest absolute Gasteiger partial charge is 0.356 e. The molecule has 0 radical (unpaired) electrons. The molecule has 0 aliphatic heterocycles. The number of nitrogens with one attached hydrogen (secondary N) is 1. The topological polar surface area (TPSA) is 41.1 Å². The number of aromatic nitrogens is 2. The van der Waals surface area contributed by atoms with Crippen LogP contribution in [0.1, 0.15) is 13.8 Å². The molecule has 1 aromatic heterocycles. The Morgan fingerprint density at radius 1 is 1.00 bits per heavy atom. The van der Waals surface area contributed by atoms with Crippen LogP contribution in [0.15, 0.2) is 48.5 Å². The fourth-order valence-corrected chi connectivity index (χ4v) is 2.77. The monoisotopic (exact) mass is 326 g/mol. The van der Waals surface area contributed by atoms with Crippen LogP contribution in [-0.2, 0) is 0 Å². The van der Waals surface area contributed by atoms with E-state index in [0.29, 0.717) is 11.0 Å². The van der Waals surface area contributed by atoms with E-state index in [-0.39, 0.29) is 0 Å².